The quantitative estimate of drug-likeness (QED) is 0.663. The van der Waals surface area contributed by atoms with Gasteiger partial charge in [-0.2, -0.15) is 0 Å². The summed E-state index contributed by atoms with van der Waals surface area (Å²) < 4.78 is 10.3. The first-order valence-electron chi connectivity index (χ1n) is 9.66. The molecule has 0 unspecified atom stereocenters. The van der Waals surface area contributed by atoms with Crippen LogP contribution in [-0.4, -0.2) is 42.1 Å². The van der Waals surface area contributed by atoms with Crippen molar-refractivity contribution < 1.29 is 23.9 Å². The smallest absolute Gasteiger partial charge is 0.355 e. The van der Waals surface area contributed by atoms with Gasteiger partial charge in [0.15, 0.2) is 6.10 Å². The minimum absolute atomic E-state index is 0.128. The van der Waals surface area contributed by atoms with Crippen LogP contribution in [0.4, 0.5) is 0 Å². The van der Waals surface area contributed by atoms with Gasteiger partial charge in [-0.3, -0.25) is 4.79 Å². The molecule has 1 aromatic carbocycles. The summed E-state index contributed by atoms with van der Waals surface area (Å²) in [6.07, 6.45) is -0.973. The predicted molar refractivity (Wildman–Crippen MR) is 109 cm³/mol. The monoisotopic (exact) mass is 400 g/mol. The zero-order valence-corrected chi connectivity index (χ0v) is 17.5. The number of ether oxygens (including phenoxy) is 2. The fourth-order valence-corrected chi connectivity index (χ4v) is 3.03. The summed E-state index contributed by atoms with van der Waals surface area (Å²) in [7, 11) is 0. The maximum atomic E-state index is 12.5. The third-order valence-electron chi connectivity index (χ3n) is 4.73. The summed E-state index contributed by atoms with van der Waals surface area (Å²) in [5.41, 5.74) is 2.52. The van der Waals surface area contributed by atoms with E-state index in [2.05, 4.69) is 10.3 Å². The van der Waals surface area contributed by atoms with Gasteiger partial charge in [-0.25, -0.2) is 9.59 Å². The first kappa shape index (κ1) is 22.2. The van der Waals surface area contributed by atoms with Gasteiger partial charge in [0, 0.05) is 12.2 Å². The number of carbonyl (C=O) groups is 3. The van der Waals surface area contributed by atoms with E-state index in [4.69, 9.17) is 9.47 Å². The molecule has 0 aliphatic heterocycles. The van der Waals surface area contributed by atoms with Gasteiger partial charge >= 0.3 is 11.9 Å². The van der Waals surface area contributed by atoms with Gasteiger partial charge in [0.1, 0.15) is 5.69 Å². The Morgan fingerprint density at radius 1 is 1.07 bits per heavy atom. The number of esters is 2. The van der Waals surface area contributed by atoms with Gasteiger partial charge in [0.05, 0.1) is 12.2 Å². The van der Waals surface area contributed by atoms with Gasteiger partial charge in [0.2, 0.25) is 0 Å². The minimum Gasteiger partial charge on any atom is -0.462 e. The van der Waals surface area contributed by atoms with Crippen molar-refractivity contribution in [2.24, 2.45) is 0 Å². The standard InChI is InChI=1S/C22H28N2O5/c1-6-28-21(26)18-14(3)19(24-15(18)4)22(27)29-16(5)20(25)23-12-13(2)17-10-8-7-9-11-17/h7-11,13,16,24H,6,12H2,1-5H3,(H,23,25)/t13-,16+/m1/s1. The Morgan fingerprint density at radius 2 is 1.72 bits per heavy atom. The van der Waals surface area contributed by atoms with Crippen LogP contribution < -0.4 is 5.32 Å². The van der Waals surface area contributed by atoms with Gasteiger partial charge < -0.3 is 19.8 Å². The maximum absolute atomic E-state index is 12.5. The number of rotatable bonds is 8. The first-order chi connectivity index (χ1) is 13.8. The highest BCUT2D eigenvalue weighted by Gasteiger charge is 2.26. The lowest BCUT2D eigenvalue weighted by atomic mass is 10.0. The van der Waals surface area contributed by atoms with Gasteiger partial charge in [0.25, 0.3) is 5.91 Å². The van der Waals surface area contributed by atoms with Gasteiger partial charge in [-0.1, -0.05) is 37.3 Å². The van der Waals surface area contributed by atoms with E-state index in [1.54, 1.807) is 20.8 Å². The second-order valence-corrected chi connectivity index (χ2v) is 6.95. The topological polar surface area (TPSA) is 97.5 Å². The normalized spacial score (nSPS) is 12.7. The summed E-state index contributed by atoms with van der Waals surface area (Å²) >= 11 is 0. The maximum Gasteiger partial charge on any atom is 0.355 e. The van der Waals surface area contributed by atoms with Crippen LogP contribution in [0.3, 0.4) is 0 Å². The number of hydrogen-bond donors (Lipinski definition) is 2. The molecule has 0 radical (unpaired) electrons. The zero-order valence-electron chi connectivity index (χ0n) is 17.5. The van der Waals surface area contributed by atoms with E-state index in [0.29, 0.717) is 23.4 Å². The lowest BCUT2D eigenvalue weighted by molar-refractivity contribution is -0.129. The van der Waals surface area contributed by atoms with E-state index >= 15 is 0 Å². The molecule has 1 amide bonds. The van der Waals surface area contributed by atoms with Crippen molar-refractivity contribution >= 4 is 17.8 Å². The molecule has 29 heavy (non-hydrogen) atoms. The second-order valence-electron chi connectivity index (χ2n) is 6.95. The predicted octanol–water partition coefficient (Wildman–Crippen LogP) is 3.27. The Bertz CT molecular complexity index is 873. The van der Waals surface area contributed by atoms with Crippen LogP contribution in [0.2, 0.25) is 0 Å². The molecule has 7 heteroatoms. The molecule has 1 aromatic heterocycles. The summed E-state index contributed by atoms with van der Waals surface area (Å²) in [6, 6.07) is 9.83. The fourth-order valence-electron chi connectivity index (χ4n) is 3.03. The van der Waals surface area contributed by atoms with Crippen LogP contribution in [0.25, 0.3) is 0 Å². The molecule has 0 fully saturated rings. The Morgan fingerprint density at radius 3 is 2.34 bits per heavy atom. The van der Waals surface area contributed by atoms with Crippen LogP contribution in [0, 0.1) is 13.8 Å². The molecule has 1 heterocycles. The van der Waals surface area contributed by atoms with E-state index in [0.717, 1.165) is 5.56 Å². The third kappa shape index (κ3) is 5.47. The molecule has 0 bridgehead atoms. The van der Waals surface area contributed by atoms with Crippen LogP contribution >= 0.6 is 0 Å². The Hall–Kier alpha value is -3.09. The molecule has 2 N–H and O–H groups in total. The van der Waals surface area contributed by atoms with Gasteiger partial charge in [-0.05, 0) is 44.7 Å². The van der Waals surface area contributed by atoms with E-state index in [-0.39, 0.29) is 24.1 Å². The summed E-state index contributed by atoms with van der Waals surface area (Å²) in [6.45, 7) is 9.21. The van der Waals surface area contributed by atoms with E-state index < -0.39 is 18.0 Å². The summed E-state index contributed by atoms with van der Waals surface area (Å²) in [5.74, 6) is -1.45. The Labute approximate surface area is 170 Å². The van der Waals surface area contributed by atoms with Crippen molar-refractivity contribution in [2.45, 2.75) is 46.6 Å². The lowest BCUT2D eigenvalue weighted by Gasteiger charge is -2.16. The van der Waals surface area contributed by atoms with Crippen molar-refractivity contribution in [2.75, 3.05) is 13.2 Å². The average molecular weight is 400 g/mol. The number of hydrogen-bond acceptors (Lipinski definition) is 5. The number of carbonyl (C=O) groups excluding carboxylic acids is 3. The number of aryl methyl sites for hydroxylation is 1. The fraction of sp³-hybridized carbons (Fsp3) is 0.409. The molecule has 156 valence electrons. The van der Waals surface area contributed by atoms with E-state index in [9.17, 15) is 14.4 Å². The molecular weight excluding hydrogens is 372 g/mol. The molecule has 2 atom stereocenters. The van der Waals surface area contributed by atoms with E-state index in [1.807, 2.05) is 37.3 Å². The van der Waals surface area contributed by atoms with Crippen molar-refractivity contribution in [1.82, 2.24) is 10.3 Å². The molecule has 7 nitrogen and oxygen atoms in total. The third-order valence-corrected chi connectivity index (χ3v) is 4.73. The number of benzene rings is 1. The molecular formula is C22H28N2O5. The van der Waals surface area contributed by atoms with Crippen LogP contribution in [0.1, 0.15) is 64.4 Å². The molecule has 0 saturated carbocycles. The van der Waals surface area contributed by atoms with Crippen molar-refractivity contribution in [3.63, 3.8) is 0 Å². The van der Waals surface area contributed by atoms with Gasteiger partial charge in [-0.15, -0.1) is 0 Å². The minimum atomic E-state index is -0.973. The number of amides is 1. The number of aromatic amines is 1. The molecule has 0 saturated heterocycles. The number of aromatic nitrogens is 1. The van der Waals surface area contributed by atoms with Crippen LogP contribution in [0.15, 0.2) is 30.3 Å². The summed E-state index contributed by atoms with van der Waals surface area (Å²) in [5, 5.41) is 2.80. The van der Waals surface area contributed by atoms with Crippen molar-refractivity contribution in [3.05, 3.63) is 58.4 Å². The highest BCUT2D eigenvalue weighted by Crippen LogP contribution is 2.20. The average Bonchev–Trinajstić information content (AvgIpc) is 3.00. The number of H-pyrrole nitrogens is 1. The molecule has 2 rings (SSSR count). The SMILES string of the molecule is CCOC(=O)c1c(C)[nH]c(C(=O)O[C@@H](C)C(=O)NC[C@@H](C)c2ccccc2)c1C. The van der Waals surface area contributed by atoms with Crippen molar-refractivity contribution in [3.8, 4) is 0 Å². The summed E-state index contributed by atoms with van der Waals surface area (Å²) in [4.78, 5) is 39.7. The highest BCUT2D eigenvalue weighted by molar-refractivity contribution is 5.99. The van der Waals surface area contributed by atoms with Crippen LogP contribution in [-0.2, 0) is 14.3 Å². The van der Waals surface area contributed by atoms with E-state index in [1.165, 1.54) is 6.92 Å². The largest absolute Gasteiger partial charge is 0.462 e. The molecule has 0 aliphatic rings. The van der Waals surface area contributed by atoms with Crippen LogP contribution in [0.5, 0.6) is 0 Å². The highest BCUT2D eigenvalue weighted by atomic mass is 16.5. The molecule has 0 aliphatic carbocycles. The molecule has 0 spiro atoms. The number of nitrogens with one attached hydrogen (secondary N) is 2. The Kier molecular flexibility index (Phi) is 7.59. The second kappa shape index (κ2) is 9.91. The lowest BCUT2D eigenvalue weighted by Crippen LogP contribution is -2.37. The first-order valence-corrected chi connectivity index (χ1v) is 9.66. The zero-order chi connectivity index (χ0) is 21.6. The molecule has 2 aromatic rings. The van der Waals surface area contributed by atoms with Crippen molar-refractivity contribution in [1.29, 1.82) is 0 Å². The Balaban J connectivity index is 1.97.